The van der Waals surface area contributed by atoms with Gasteiger partial charge in [-0.15, -0.1) is 0 Å². The molecule has 0 saturated carbocycles. The van der Waals surface area contributed by atoms with Crippen LogP contribution in [0.4, 0.5) is 5.82 Å². The first-order chi connectivity index (χ1) is 15.2. The van der Waals surface area contributed by atoms with Gasteiger partial charge in [0.15, 0.2) is 0 Å². The van der Waals surface area contributed by atoms with Crippen molar-refractivity contribution in [2.24, 2.45) is 17.8 Å². The predicted molar refractivity (Wildman–Crippen MR) is 126 cm³/mol. The van der Waals surface area contributed by atoms with Crippen molar-refractivity contribution < 1.29 is 14.8 Å². The number of nitrogens with one attached hydrogen (secondary N) is 4. The van der Waals surface area contributed by atoms with Crippen LogP contribution in [0.15, 0.2) is 33.9 Å². The standard InChI is InChI=1S/C22H33BN4O5/c1-14(2)18(7-6-17-8-10-19(23(31)32)25-22(17)30)12-15(13-28)4-5-16-9-11-20(29)26-21(16)27-24-3/h8-11,13-15,18,24,31-32H,4-7,12H2,1-3H3,(H,25,30)(H2,26,27,29). The lowest BCUT2D eigenvalue weighted by atomic mass is 9.81. The van der Waals surface area contributed by atoms with E-state index in [0.29, 0.717) is 43.0 Å². The second kappa shape index (κ2) is 12.4. The van der Waals surface area contributed by atoms with Crippen molar-refractivity contribution in [2.75, 3.05) is 12.5 Å². The minimum absolute atomic E-state index is 0.0644. The second-order valence-corrected chi connectivity index (χ2v) is 8.45. The number of hydrogen-bond donors (Lipinski definition) is 6. The largest absolute Gasteiger partial charge is 0.505 e. The van der Waals surface area contributed by atoms with Crippen molar-refractivity contribution in [3.8, 4) is 0 Å². The lowest BCUT2D eigenvalue weighted by Crippen LogP contribution is -2.37. The lowest BCUT2D eigenvalue weighted by Gasteiger charge is -2.24. The zero-order valence-corrected chi connectivity index (χ0v) is 18.9. The number of aromatic nitrogens is 2. The van der Waals surface area contributed by atoms with E-state index in [2.05, 4.69) is 34.7 Å². The van der Waals surface area contributed by atoms with Crippen LogP contribution in [0, 0.1) is 17.8 Å². The van der Waals surface area contributed by atoms with Gasteiger partial charge in [-0.2, -0.15) is 0 Å². The third-order valence-electron chi connectivity index (χ3n) is 5.86. The summed E-state index contributed by atoms with van der Waals surface area (Å²) in [5, 5.41) is 18.4. The van der Waals surface area contributed by atoms with Crippen LogP contribution < -0.4 is 27.6 Å². The minimum Gasteiger partial charge on any atom is -0.422 e. The Hall–Kier alpha value is -2.69. The Labute approximate surface area is 187 Å². The normalized spacial score (nSPS) is 13.1. The summed E-state index contributed by atoms with van der Waals surface area (Å²) in [5.41, 5.74) is 6.76. The molecular formula is C22H33BN4O5. The maximum atomic E-state index is 12.2. The smallest absolute Gasteiger partial charge is 0.422 e. The molecule has 10 heteroatoms. The highest BCUT2D eigenvalue weighted by Gasteiger charge is 2.21. The predicted octanol–water partition coefficient (Wildman–Crippen LogP) is 0.332. The monoisotopic (exact) mass is 444 g/mol. The Morgan fingerprint density at radius 3 is 2.31 bits per heavy atom. The van der Waals surface area contributed by atoms with Gasteiger partial charge in [0.2, 0.25) is 5.56 Å². The molecule has 6 N–H and O–H groups in total. The highest BCUT2D eigenvalue weighted by molar-refractivity contribution is 6.57. The molecule has 2 rings (SSSR count). The molecule has 0 spiro atoms. The fourth-order valence-corrected chi connectivity index (χ4v) is 3.85. The van der Waals surface area contributed by atoms with Gasteiger partial charge < -0.3 is 30.2 Å². The van der Waals surface area contributed by atoms with Crippen LogP contribution in [-0.2, 0) is 17.6 Å². The molecule has 0 bridgehead atoms. The highest BCUT2D eigenvalue weighted by atomic mass is 16.4. The van der Waals surface area contributed by atoms with Gasteiger partial charge in [-0.3, -0.25) is 9.59 Å². The lowest BCUT2D eigenvalue weighted by molar-refractivity contribution is -0.111. The molecule has 32 heavy (non-hydrogen) atoms. The van der Waals surface area contributed by atoms with Crippen molar-refractivity contribution in [3.05, 3.63) is 56.1 Å². The molecule has 0 saturated heterocycles. The van der Waals surface area contributed by atoms with E-state index in [1.165, 1.54) is 12.1 Å². The Morgan fingerprint density at radius 1 is 1.03 bits per heavy atom. The Bertz CT molecular complexity index is 989. The number of aromatic amines is 2. The van der Waals surface area contributed by atoms with Crippen molar-refractivity contribution in [1.82, 2.24) is 15.4 Å². The van der Waals surface area contributed by atoms with Gasteiger partial charge in [0.05, 0.1) is 0 Å². The molecule has 2 heterocycles. The van der Waals surface area contributed by atoms with Crippen LogP contribution in [0.25, 0.3) is 0 Å². The van der Waals surface area contributed by atoms with Crippen LogP contribution in [0.5, 0.6) is 0 Å². The van der Waals surface area contributed by atoms with E-state index in [1.54, 1.807) is 19.2 Å². The number of pyridine rings is 2. The summed E-state index contributed by atoms with van der Waals surface area (Å²) in [5.74, 6) is 1.05. The van der Waals surface area contributed by atoms with Crippen molar-refractivity contribution >= 4 is 24.8 Å². The summed E-state index contributed by atoms with van der Waals surface area (Å²) in [7, 11) is 0.000902. The number of hydrogen-bond acceptors (Lipinski definition) is 7. The minimum atomic E-state index is -1.71. The molecular weight excluding hydrogens is 411 g/mol. The van der Waals surface area contributed by atoms with E-state index in [-0.39, 0.29) is 28.5 Å². The third-order valence-corrected chi connectivity index (χ3v) is 5.86. The topological polar surface area (TPSA) is 147 Å². The van der Waals surface area contributed by atoms with Gasteiger partial charge >= 0.3 is 7.12 Å². The molecule has 0 aliphatic heterocycles. The molecule has 0 aromatic carbocycles. The highest BCUT2D eigenvalue weighted by Crippen LogP contribution is 2.27. The fraction of sp³-hybridized carbons (Fsp3) is 0.500. The summed E-state index contributed by atoms with van der Waals surface area (Å²) < 4.78 is 0. The number of carbonyl (C=O) groups is 1. The second-order valence-electron chi connectivity index (χ2n) is 8.45. The van der Waals surface area contributed by atoms with E-state index in [1.807, 2.05) is 0 Å². The van der Waals surface area contributed by atoms with E-state index >= 15 is 0 Å². The fourth-order valence-electron chi connectivity index (χ4n) is 3.85. The average Bonchev–Trinajstić information content (AvgIpc) is 2.75. The first-order valence-corrected chi connectivity index (χ1v) is 10.9. The number of anilines is 1. The SMILES string of the molecule is CNNc1[nH]c(=O)ccc1CCC(C=O)CC(CCc1ccc(B(O)O)[nH]c1=O)C(C)C. The molecule has 174 valence electrons. The van der Waals surface area contributed by atoms with Crippen molar-refractivity contribution in [2.45, 2.75) is 46.0 Å². The van der Waals surface area contributed by atoms with Gasteiger partial charge in [0, 0.05) is 30.2 Å². The van der Waals surface area contributed by atoms with Gasteiger partial charge in [-0.1, -0.05) is 19.9 Å². The number of rotatable bonds is 13. The van der Waals surface area contributed by atoms with E-state index in [9.17, 15) is 24.4 Å². The van der Waals surface area contributed by atoms with Crippen molar-refractivity contribution in [3.63, 3.8) is 0 Å². The first-order valence-electron chi connectivity index (χ1n) is 10.9. The van der Waals surface area contributed by atoms with Crippen LogP contribution in [0.2, 0.25) is 0 Å². The molecule has 9 nitrogen and oxygen atoms in total. The van der Waals surface area contributed by atoms with Crippen LogP contribution in [0.3, 0.4) is 0 Å². The number of hydrazine groups is 1. The van der Waals surface area contributed by atoms with Crippen LogP contribution in [0.1, 0.15) is 44.2 Å². The molecule has 0 amide bonds. The summed E-state index contributed by atoms with van der Waals surface area (Å²) in [6, 6.07) is 6.36. The maximum Gasteiger partial charge on any atom is 0.505 e. The summed E-state index contributed by atoms with van der Waals surface area (Å²) in [4.78, 5) is 40.8. The number of aldehydes is 1. The molecule has 0 radical (unpaired) electrons. The summed E-state index contributed by atoms with van der Waals surface area (Å²) in [6.45, 7) is 4.22. The van der Waals surface area contributed by atoms with Gasteiger partial charge in [-0.05, 0) is 61.6 Å². The van der Waals surface area contributed by atoms with E-state index in [4.69, 9.17) is 0 Å². The quantitative estimate of drug-likeness (QED) is 0.148. The van der Waals surface area contributed by atoms with Gasteiger partial charge in [0.1, 0.15) is 12.1 Å². The molecule has 0 fully saturated rings. The maximum absolute atomic E-state index is 12.2. The molecule has 0 aliphatic rings. The zero-order chi connectivity index (χ0) is 23.7. The first kappa shape index (κ1) is 25.6. The Kier molecular flexibility index (Phi) is 9.89. The zero-order valence-electron chi connectivity index (χ0n) is 18.9. The molecule has 2 unspecified atom stereocenters. The number of aryl methyl sites for hydroxylation is 2. The molecule has 2 aromatic rings. The number of carbonyl (C=O) groups excluding carboxylic acids is 1. The van der Waals surface area contributed by atoms with E-state index < -0.39 is 7.12 Å². The Balaban J connectivity index is 2.01. The van der Waals surface area contributed by atoms with Gasteiger partial charge in [-0.25, -0.2) is 5.43 Å². The van der Waals surface area contributed by atoms with Crippen LogP contribution in [-0.4, -0.2) is 40.5 Å². The Morgan fingerprint density at radius 2 is 1.72 bits per heavy atom. The third kappa shape index (κ3) is 7.47. The molecule has 0 aliphatic carbocycles. The summed E-state index contributed by atoms with van der Waals surface area (Å²) in [6.07, 6.45) is 4.29. The molecule has 2 aromatic heterocycles. The average molecular weight is 444 g/mol. The summed E-state index contributed by atoms with van der Waals surface area (Å²) >= 11 is 0. The van der Waals surface area contributed by atoms with Crippen molar-refractivity contribution in [1.29, 1.82) is 0 Å². The van der Waals surface area contributed by atoms with Crippen LogP contribution >= 0.6 is 0 Å². The molecule has 2 atom stereocenters. The van der Waals surface area contributed by atoms with E-state index in [0.717, 1.165) is 18.3 Å². The van der Waals surface area contributed by atoms with Gasteiger partial charge in [0.25, 0.3) is 5.56 Å². The number of H-pyrrole nitrogens is 2.